The lowest BCUT2D eigenvalue weighted by atomic mass is 10.1. The van der Waals surface area contributed by atoms with Crippen molar-refractivity contribution in [3.63, 3.8) is 0 Å². The van der Waals surface area contributed by atoms with Crippen molar-refractivity contribution in [3.05, 3.63) is 59.7 Å². The summed E-state index contributed by atoms with van der Waals surface area (Å²) < 4.78 is 5.12. The Morgan fingerprint density at radius 2 is 1.88 bits per heavy atom. The van der Waals surface area contributed by atoms with E-state index >= 15 is 0 Å². The summed E-state index contributed by atoms with van der Waals surface area (Å²) in [6.45, 7) is 1.59. The molecule has 0 aliphatic carbocycles. The molecule has 0 atom stereocenters. The number of anilines is 2. The van der Waals surface area contributed by atoms with Gasteiger partial charge >= 0.3 is 5.97 Å². The summed E-state index contributed by atoms with van der Waals surface area (Å²) in [6, 6.07) is 16.0. The molecule has 2 N–H and O–H groups in total. The fourth-order valence-corrected chi connectivity index (χ4v) is 2.31. The maximum absolute atomic E-state index is 12.4. The van der Waals surface area contributed by atoms with Crippen molar-refractivity contribution in [1.29, 1.82) is 5.26 Å². The van der Waals surface area contributed by atoms with Crippen LogP contribution in [0.2, 0.25) is 0 Å². The number of hydrogen-bond donors (Lipinski definition) is 1. The minimum atomic E-state index is -0.650. The van der Waals surface area contributed by atoms with Crippen molar-refractivity contribution in [2.24, 2.45) is 0 Å². The summed E-state index contributed by atoms with van der Waals surface area (Å²) in [5, 5.41) is 8.78. The highest BCUT2D eigenvalue weighted by atomic mass is 16.5. The molecule has 0 bridgehead atoms. The van der Waals surface area contributed by atoms with Crippen LogP contribution < -0.4 is 10.6 Å². The van der Waals surface area contributed by atoms with Gasteiger partial charge < -0.3 is 15.4 Å². The highest BCUT2D eigenvalue weighted by Gasteiger charge is 2.19. The van der Waals surface area contributed by atoms with Gasteiger partial charge in [-0.1, -0.05) is 30.3 Å². The second-order valence-corrected chi connectivity index (χ2v) is 5.40. The third kappa shape index (κ3) is 4.58. The third-order valence-electron chi connectivity index (χ3n) is 3.69. The molecular weight excluding hydrogens is 318 g/mol. The lowest BCUT2D eigenvalue weighted by Crippen LogP contribution is -2.35. The number of rotatable bonds is 6. The predicted octanol–water partition coefficient (Wildman–Crippen LogP) is 2.68. The third-order valence-corrected chi connectivity index (χ3v) is 3.69. The van der Waals surface area contributed by atoms with Crippen molar-refractivity contribution in [2.75, 3.05) is 23.8 Å². The zero-order valence-electron chi connectivity index (χ0n) is 13.9. The van der Waals surface area contributed by atoms with Crippen LogP contribution in [0.15, 0.2) is 48.5 Å². The van der Waals surface area contributed by atoms with Crippen molar-refractivity contribution in [2.45, 2.75) is 13.3 Å². The van der Waals surface area contributed by atoms with E-state index in [-0.39, 0.29) is 18.5 Å². The molecule has 0 radical (unpaired) electrons. The lowest BCUT2D eigenvalue weighted by Gasteiger charge is -2.21. The topological polar surface area (TPSA) is 96.4 Å². The van der Waals surface area contributed by atoms with Gasteiger partial charge in [-0.05, 0) is 30.7 Å². The molecule has 0 aliphatic rings. The second-order valence-electron chi connectivity index (χ2n) is 5.40. The molecule has 6 heteroatoms. The van der Waals surface area contributed by atoms with Gasteiger partial charge in [-0.3, -0.25) is 4.79 Å². The molecule has 2 aromatic rings. The van der Waals surface area contributed by atoms with Crippen LogP contribution in [0, 0.1) is 18.3 Å². The SMILES string of the molecule is Cc1cccc(C(=O)OCC(=O)N(CCC#N)c2ccccc2)c1N. The molecule has 25 heavy (non-hydrogen) atoms. The highest BCUT2D eigenvalue weighted by molar-refractivity contribution is 5.99. The molecule has 2 aromatic carbocycles. The largest absolute Gasteiger partial charge is 0.452 e. The van der Waals surface area contributed by atoms with Crippen LogP contribution in [-0.4, -0.2) is 25.0 Å². The van der Waals surface area contributed by atoms with Gasteiger partial charge in [0.1, 0.15) is 0 Å². The van der Waals surface area contributed by atoms with Gasteiger partial charge in [0.25, 0.3) is 5.91 Å². The second kappa shape index (κ2) is 8.50. The molecule has 0 saturated heterocycles. The molecule has 0 unspecified atom stereocenters. The van der Waals surface area contributed by atoms with Gasteiger partial charge in [0, 0.05) is 17.9 Å². The van der Waals surface area contributed by atoms with Crippen LogP contribution in [-0.2, 0) is 9.53 Å². The van der Waals surface area contributed by atoms with Crippen molar-refractivity contribution in [3.8, 4) is 6.07 Å². The Morgan fingerprint density at radius 1 is 1.16 bits per heavy atom. The Morgan fingerprint density at radius 3 is 2.56 bits per heavy atom. The molecule has 0 aromatic heterocycles. The summed E-state index contributed by atoms with van der Waals surface area (Å²) in [4.78, 5) is 26.0. The van der Waals surface area contributed by atoms with Crippen molar-refractivity contribution >= 4 is 23.3 Å². The Labute approximate surface area is 146 Å². The first-order valence-electron chi connectivity index (χ1n) is 7.79. The Balaban J connectivity index is 2.07. The number of nitriles is 1. The number of nitrogens with zero attached hydrogens (tertiary/aromatic N) is 2. The van der Waals surface area contributed by atoms with Crippen LogP contribution in [0.3, 0.4) is 0 Å². The zero-order valence-corrected chi connectivity index (χ0v) is 13.9. The van der Waals surface area contributed by atoms with Gasteiger partial charge in [-0.25, -0.2) is 4.79 Å². The van der Waals surface area contributed by atoms with Gasteiger partial charge in [0.05, 0.1) is 18.1 Å². The van der Waals surface area contributed by atoms with Crippen LogP contribution in [0.25, 0.3) is 0 Å². The minimum Gasteiger partial charge on any atom is -0.452 e. The van der Waals surface area contributed by atoms with E-state index < -0.39 is 18.5 Å². The quantitative estimate of drug-likeness (QED) is 0.646. The standard InChI is InChI=1S/C19H19N3O3/c1-14-7-5-10-16(18(14)21)19(24)25-13-17(23)22(12-6-11-20)15-8-3-2-4-9-15/h2-5,7-10H,6,12-13,21H2,1H3. The Hall–Kier alpha value is -3.33. The summed E-state index contributed by atoms with van der Waals surface area (Å²) in [5.74, 6) is -1.05. The molecule has 0 aliphatic heterocycles. The van der Waals surface area contributed by atoms with Crippen molar-refractivity contribution < 1.29 is 14.3 Å². The molecular formula is C19H19N3O3. The number of ether oxygens (including phenoxy) is 1. The van der Waals surface area contributed by atoms with E-state index in [1.165, 1.54) is 4.90 Å². The Kier molecular flexibility index (Phi) is 6.13. The summed E-state index contributed by atoms with van der Waals surface area (Å²) in [6.07, 6.45) is 0.180. The number of carbonyl (C=O) groups is 2. The smallest absolute Gasteiger partial charge is 0.340 e. The molecule has 0 fully saturated rings. The zero-order chi connectivity index (χ0) is 18.2. The fraction of sp³-hybridized carbons (Fsp3) is 0.211. The van der Waals surface area contributed by atoms with Crippen LogP contribution in [0.5, 0.6) is 0 Å². The molecule has 0 saturated carbocycles. The van der Waals surface area contributed by atoms with Gasteiger partial charge in [-0.15, -0.1) is 0 Å². The number of esters is 1. The molecule has 0 heterocycles. The predicted molar refractivity (Wildman–Crippen MR) is 94.9 cm³/mol. The van der Waals surface area contributed by atoms with Gasteiger partial charge in [0.15, 0.2) is 6.61 Å². The van der Waals surface area contributed by atoms with E-state index in [0.29, 0.717) is 11.4 Å². The number of nitrogen functional groups attached to an aromatic ring is 1. The molecule has 6 nitrogen and oxygen atoms in total. The van der Waals surface area contributed by atoms with Gasteiger partial charge in [0.2, 0.25) is 0 Å². The number of nitrogens with two attached hydrogens (primary N) is 1. The van der Waals surface area contributed by atoms with Crippen molar-refractivity contribution in [1.82, 2.24) is 0 Å². The average Bonchev–Trinajstić information content (AvgIpc) is 2.63. The highest BCUT2D eigenvalue weighted by Crippen LogP contribution is 2.18. The number of carbonyl (C=O) groups excluding carboxylic acids is 2. The number of hydrogen-bond acceptors (Lipinski definition) is 5. The first-order chi connectivity index (χ1) is 12.0. The molecule has 2 rings (SSSR count). The van der Waals surface area contributed by atoms with Gasteiger partial charge in [-0.2, -0.15) is 5.26 Å². The van der Waals surface area contributed by atoms with Crippen LogP contribution in [0.4, 0.5) is 11.4 Å². The number of aryl methyl sites for hydroxylation is 1. The van der Waals surface area contributed by atoms with E-state index in [9.17, 15) is 9.59 Å². The van der Waals surface area contributed by atoms with Crippen LogP contribution >= 0.6 is 0 Å². The molecule has 1 amide bonds. The van der Waals surface area contributed by atoms with E-state index in [4.69, 9.17) is 15.7 Å². The lowest BCUT2D eigenvalue weighted by molar-refractivity contribution is -0.121. The van der Waals surface area contributed by atoms with E-state index in [2.05, 4.69) is 0 Å². The molecule has 128 valence electrons. The van der Waals surface area contributed by atoms with E-state index in [0.717, 1.165) is 5.56 Å². The first-order valence-corrected chi connectivity index (χ1v) is 7.79. The first kappa shape index (κ1) is 18.0. The van der Waals surface area contributed by atoms with Crippen LogP contribution in [0.1, 0.15) is 22.3 Å². The van der Waals surface area contributed by atoms with E-state index in [1.54, 1.807) is 49.4 Å². The summed E-state index contributed by atoms with van der Waals surface area (Å²) >= 11 is 0. The number of para-hydroxylation sites is 2. The fourth-order valence-electron chi connectivity index (χ4n) is 2.31. The number of benzene rings is 2. The maximum atomic E-state index is 12.4. The Bertz CT molecular complexity index is 797. The monoisotopic (exact) mass is 337 g/mol. The normalized spacial score (nSPS) is 9.92. The van der Waals surface area contributed by atoms with E-state index in [1.807, 2.05) is 12.1 Å². The minimum absolute atomic E-state index is 0.180. The maximum Gasteiger partial charge on any atom is 0.340 e. The molecule has 0 spiro atoms. The number of amides is 1. The summed E-state index contributed by atoms with van der Waals surface area (Å²) in [5.41, 5.74) is 7.86. The summed E-state index contributed by atoms with van der Waals surface area (Å²) in [7, 11) is 0. The average molecular weight is 337 g/mol.